The number of aryl methyl sites for hydroxylation is 1. The smallest absolute Gasteiger partial charge is 0.0934 e. The summed E-state index contributed by atoms with van der Waals surface area (Å²) < 4.78 is 0.957. The minimum atomic E-state index is 0.550. The molecule has 1 aliphatic carbocycles. The number of halogens is 1. The predicted octanol–water partition coefficient (Wildman–Crippen LogP) is 4.10. The van der Waals surface area contributed by atoms with Gasteiger partial charge in [0.15, 0.2) is 0 Å². The Hall–Kier alpha value is -0.0900. The molecule has 0 aromatic carbocycles. The number of thiophene rings is 1. The zero-order chi connectivity index (χ0) is 13.9. The van der Waals surface area contributed by atoms with Crippen molar-refractivity contribution in [2.45, 2.75) is 44.6 Å². The summed E-state index contributed by atoms with van der Waals surface area (Å²) in [6.45, 7) is 3.71. The number of hydrogen-bond acceptors (Lipinski definition) is 3. The van der Waals surface area contributed by atoms with Gasteiger partial charge < -0.3 is 10.2 Å². The van der Waals surface area contributed by atoms with E-state index in [2.05, 4.69) is 23.3 Å². The van der Waals surface area contributed by atoms with Gasteiger partial charge in [-0.2, -0.15) is 0 Å². The van der Waals surface area contributed by atoms with E-state index in [0.29, 0.717) is 6.04 Å². The average molecular weight is 313 g/mol. The molecule has 1 aromatic heterocycles. The second-order valence-electron chi connectivity index (χ2n) is 6.36. The van der Waals surface area contributed by atoms with Gasteiger partial charge in [-0.25, -0.2) is 0 Å². The highest BCUT2D eigenvalue weighted by Crippen LogP contribution is 2.37. The standard InChI is InChI=1S/C16H25ClN2S/c1-19-9-6-12(7-10-19)5-8-18-14-3-2-4-15-13(14)11-16(17)20-15/h11-12,14,18H,2-10H2,1H3. The van der Waals surface area contributed by atoms with Crippen molar-refractivity contribution in [3.63, 3.8) is 0 Å². The molecule has 112 valence electrons. The highest BCUT2D eigenvalue weighted by molar-refractivity contribution is 7.16. The van der Waals surface area contributed by atoms with Crippen LogP contribution in [0, 0.1) is 5.92 Å². The Balaban J connectivity index is 1.47. The van der Waals surface area contributed by atoms with Crippen molar-refractivity contribution in [2.24, 2.45) is 5.92 Å². The first-order valence-electron chi connectivity index (χ1n) is 7.92. The van der Waals surface area contributed by atoms with Crippen LogP contribution in [0.5, 0.6) is 0 Å². The highest BCUT2D eigenvalue weighted by atomic mass is 35.5. The lowest BCUT2D eigenvalue weighted by Gasteiger charge is -2.30. The maximum absolute atomic E-state index is 6.17. The first-order valence-corrected chi connectivity index (χ1v) is 9.12. The second-order valence-corrected chi connectivity index (χ2v) is 8.13. The molecule has 2 nitrogen and oxygen atoms in total. The number of rotatable bonds is 4. The number of likely N-dealkylation sites (tertiary alicyclic amines) is 1. The molecule has 0 radical (unpaired) electrons. The lowest BCUT2D eigenvalue weighted by atomic mass is 9.92. The molecule has 2 heterocycles. The summed E-state index contributed by atoms with van der Waals surface area (Å²) >= 11 is 7.95. The fourth-order valence-electron chi connectivity index (χ4n) is 3.55. The van der Waals surface area contributed by atoms with Crippen molar-refractivity contribution in [1.82, 2.24) is 10.2 Å². The minimum Gasteiger partial charge on any atom is -0.310 e. The summed E-state index contributed by atoms with van der Waals surface area (Å²) in [5.74, 6) is 0.924. The maximum Gasteiger partial charge on any atom is 0.0934 e. The molecular formula is C16H25ClN2S. The average Bonchev–Trinajstić information content (AvgIpc) is 2.82. The van der Waals surface area contributed by atoms with E-state index in [1.54, 1.807) is 11.3 Å². The van der Waals surface area contributed by atoms with Crippen LogP contribution in [0.4, 0.5) is 0 Å². The van der Waals surface area contributed by atoms with Crippen LogP contribution in [0.2, 0.25) is 4.34 Å². The van der Waals surface area contributed by atoms with Gasteiger partial charge in [-0.1, -0.05) is 11.6 Å². The normalized spacial score (nSPS) is 24.8. The van der Waals surface area contributed by atoms with Crippen LogP contribution in [0.1, 0.15) is 48.6 Å². The summed E-state index contributed by atoms with van der Waals surface area (Å²) in [6.07, 6.45) is 7.87. The zero-order valence-corrected chi connectivity index (χ0v) is 13.9. The zero-order valence-electron chi connectivity index (χ0n) is 12.3. The lowest BCUT2D eigenvalue weighted by Crippen LogP contribution is -2.32. The number of hydrogen-bond donors (Lipinski definition) is 1. The molecule has 0 spiro atoms. The number of nitrogens with zero attached hydrogens (tertiary/aromatic N) is 1. The first kappa shape index (κ1) is 14.8. The SMILES string of the molecule is CN1CCC(CCNC2CCCc3sc(Cl)cc32)CC1. The third-order valence-corrected chi connectivity index (χ3v) is 6.20. The van der Waals surface area contributed by atoms with E-state index in [4.69, 9.17) is 11.6 Å². The van der Waals surface area contributed by atoms with E-state index in [-0.39, 0.29) is 0 Å². The second kappa shape index (κ2) is 6.78. The predicted molar refractivity (Wildman–Crippen MR) is 87.8 cm³/mol. The molecule has 20 heavy (non-hydrogen) atoms. The van der Waals surface area contributed by atoms with E-state index < -0.39 is 0 Å². The van der Waals surface area contributed by atoms with Gasteiger partial charge in [0.25, 0.3) is 0 Å². The van der Waals surface area contributed by atoms with Crippen LogP contribution in [0.3, 0.4) is 0 Å². The molecule has 1 saturated heterocycles. The van der Waals surface area contributed by atoms with Crippen LogP contribution >= 0.6 is 22.9 Å². The molecule has 1 aromatic rings. The first-order chi connectivity index (χ1) is 9.72. The monoisotopic (exact) mass is 312 g/mol. The van der Waals surface area contributed by atoms with E-state index in [1.807, 2.05) is 0 Å². The van der Waals surface area contributed by atoms with Gasteiger partial charge in [0.2, 0.25) is 0 Å². The molecule has 1 atom stereocenters. The van der Waals surface area contributed by atoms with Crippen LogP contribution in [0.15, 0.2) is 6.07 Å². The number of nitrogens with one attached hydrogen (secondary N) is 1. The molecule has 0 saturated carbocycles. The largest absolute Gasteiger partial charge is 0.310 e. The third-order valence-electron chi connectivity index (χ3n) is 4.87. The fourth-order valence-corrected chi connectivity index (χ4v) is 4.93. The van der Waals surface area contributed by atoms with Gasteiger partial charge in [-0.05, 0) is 82.8 Å². The summed E-state index contributed by atoms with van der Waals surface area (Å²) in [5, 5.41) is 3.78. The quantitative estimate of drug-likeness (QED) is 0.900. The Kier molecular flexibility index (Phi) is 5.03. The van der Waals surface area contributed by atoms with Crippen LogP contribution in [-0.4, -0.2) is 31.6 Å². The van der Waals surface area contributed by atoms with Crippen molar-refractivity contribution in [3.8, 4) is 0 Å². The number of piperidine rings is 1. The molecule has 1 unspecified atom stereocenters. The van der Waals surface area contributed by atoms with Crippen LogP contribution < -0.4 is 5.32 Å². The Morgan fingerprint density at radius 3 is 2.95 bits per heavy atom. The molecular weight excluding hydrogens is 288 g/mol. The Labute approximate surface area is 131 Å². The molecule has 0 amide bonds. The van der Waals surface area contributed by atoms with Gasteiger partial charge in [-0.15, -0.1) is 11.3 Å². The van der Waals surface area contributed by atoms with E-state index in [9.17, 15) is 0 Å². The summed E-state index contributed by atoms with van der Waals surface area (Å²) in [6, 6.07) is 2.74. The molecule has 1 fully saturated rings. The number of fused-ring (bicyclic) bond motifs is 1. The van der Waals surface area contributed by atoms with E-state index in [1.165, 1.54) is 62.1 Å². The minimum absolute atomic E-state index is 0.550. The summed E-state index contributed by atoms with van der Waals surface area (Å²) in [7, 11) is 2.23. The third kappa shape index (κ3) is 3.56. The molecule has 0 bridgehead atoms. The summed E-state index contributed by atoms with van der Waals surface area (Å²) in [5.41, 5.74) is 1.48. The van der Waals surface area contributed by atoms with Crippen molar-refractivity contribution >= 4 is 22.9 Å². The molecule has 2 aliphatic rings. The van der Waals surface area contributed by atoms with Gasteiger partial charge in [0, 0.05) is 10.9 Å². The van der Waals surface area contributed by atoms with Crippen molar-refractivity contribution in [1.29, 1.82) is 0 Å². The molecule has 3 rings (SSSR count). The molecule has 1 N–H and O–H groups in total. The Morgan fingerprint density at radius 2 is 2.15 bits per heavy atom. The topological polar surface area (TPSA) is 15.3 Å². The van der Waals surface area contributed by atoms with Crippen molar-refractivity contribution < 1.29 is 0 Å². The fraction of sp³-hybridized carbons (Fsp3) is 0.750. The van der Waals surface area contributed by atoms with Crippen LogP contribution in [-0.2, 0) is 6.42 Å². The Morgan fingerprint density at radius 1 is 1.35 bits per heavy atom. The van der Waals surface area contributed by atoms with Crippen molar-refractivity contribution in [2.75, 3.05) is 26.7 Å². The Bertz CT molecular complexity index is 438. The highest BCUT2D eigenvalue weighted by Gasteiger charge is 2.23. The van der Waals surface area contributed by atoms with Crippen molar-refractivity contribution in [3.05, 3.63) is 20.8 Å². The lowest BCUT2D eigenvalue weighted by molar-refractivity contribution is 0.210. The van der Waals surface area contributed by atoms with Gasteiger partial charge >= 0.3 is 0 Å². The molecule has 4 heteroatoms. The van der Waals surface area contributed by atoms with Gasteiger partial charge in [-0.3, -0.25) is 0 Å². The van der Waals surface area contributed by atoms with E-state index in [0.717, 1.165) is 16.8 Å². The van der Waals surface area contributed by atoms with Gasteiger partial charge in [0.1, 0.15) is 0 Å². The van der Waals surface area contributed by atoms with Crippen LogP contribution in [0.25, 0.3) is 0 Å². The van der Waals surface area contributed by atoms with E-state index >= 15 is 0 Å². The summed E-state index contributed by atoms with van der Waals surface area (Å²) in [4.78, 5) is 3.96. The molecule has 1 aliphatic heterocycles. The van der Waals surface area contributed by atoms with Gasteiger partial charge in [0.05, 0.1) is 4.34 Å². The maximum atomic E-state index is 6.17.